The zero-order chi connectivity index (χ0) is 11.0. The first kappa shape index (κ1) is 12.9. The molecule has 0 heterocycles. The van der Waals surface area contributed by atoms with Crippen molar-refractivity contribution in [1.82, 2.24) is 0 Å². The van der Waals surface area contributed by atoms with Gasteiger partial charge in [0.15, 0.2) is 0 Å². The van der Waals surface area contributed by atoms with Crippen LogP contribution in [-0.4, -0.2) is 18.2 Å². The third-order valence-electron chi connectivity index (χ3n) is 2.19. The first-order valence-corrected chi connectivity index (χ1v) is 4.86. The molecule has 0 aliphatic heterocycles. The third-order valence-corrected chi connectivity index (χ3v) is 2.19. The van der Waals surface area contributed by atoms with Gasteiger partial charge in [0, 0.05) is 5.41 Å². The summed E-state index contributed by atoms with van der Waals surface area (Å²) in [5.41, 5.74) is 0.0397. The van der Waals surface area contributed by atoms with Gasteiger partial charge in [-0.2, -0.15) is 4.91 Å². The fourth-order valence-electron chi connectivity index (χ4n) is 1.63. The molecule has 0 aromatic carbocycles. The van der Waals surface area contributed by atoms with Gasteiger partial charge in [-0.1, -0.05) is 25.9 Å². The van der Waals surface area contributed by atoms with Crippen molar-refractivity contribution in [2.45, 2.75) is 33.6 Å². The lowest BCUT2D eigenvalue weighted by molar-refractivity contribution is 0.292. The summed E-state index contributed by atoms with van der Waals surface area (Å²) in [6.07, 6.45) is 3.58. The molecule has 1 N–H and O–H groups in total. The van der Waals surface area contributed by atoms with Crippen LogP contribution in [0, 0.1) is 22.5 Å². The van der Waals surface area contributed by atoms with Gasteiger partial charge in [0.25, 0.3) is 6.54 Å². The molecule has 0 rings (SSSR count). The normalized spacial score (nSPS) is 12.8. The molecule has 0 aliphatic carbocycles. The number of nitroso groups, excluding NO2 is 1. The molecule has 4 nitrogen and oxygen atoms in total. The van der Waals surface area contributed by atoms with Gasteiger partial charge in [0.1, 0.15) is 0 Å². The summed E-state index contributed by atoms with van der Waals surface area (Å²) in [5, 5.41) is 11.2. The van der Waals surface area contributed by atoms with Crippen molar-refractivity contribution in [3.05, 3.63) is 9.75 Å². The average molecular weight is 199 g/mol. The molecule has 14 heavy (non-hydrogen) atoms. The van der Waals surface area contributed by atoms with Gasteiger partial charge in [-0.15, -0.1) is 0 Å². The Labute approximate surface area is 85.1 Å². The Hall–Kier alpha value is -1.11. The van der Waals surface area contributed by atoms with Crippen molar-refractivity contribution in [3.8, 4) is 6.26 Å². The minimum absolute atomic E-state index is 0.0397. The number of hydrogen-bond acceptors (Lipinski definition) is 3. The van der Waals surface area contributed by atoms with Crippen LogP contribution in [0.3, 0.4) is 0 Å². The topological polar surface area (TPSA) is 54.0 Å². The van der Waals surface area contributed by atoms with Crippen LogP contribution in [0.25, 0.3) is 4.85 Å². The SMILES string of the molecule is CC(CCN=O)CC(C)(C)C[N+]#CO. The molecule has 80 valence electrons. The number of aliphatic hydroxyl groups excluding tert-OH is 1. The van der Waals surface area contributed by atoms with Gasteiger partial charge < -0.3 is 5.11 Å². The average Bonchev–Trinajstić information content (AvgIpc) is 2.11. The Balaban J connectivity index is 3.91. The van der Waals surface area contributed by atoms with Gasteiger partial charge in [-0.25, -0.2) is 0 Å². The van der Waals surface area contributed by atoms with Crippen molar-refractivity contribution in [2.24, 2.45) is 16.5 Å². The highest BCUT2D eigenvalue weighted by Gasteiger charge is 2.26. The number of rotatable bonds is 6. The summed E-state index contributed by atoms with van der Waals surface area (Å²) < 4.78 is 0. The van der Waals surface area contributed by atoms with Crippen molar-refractivity contribution in [3.63, 3.8) is 0 Å². The first-order valence-electron chi connectivity index (χ1n) is 4.86. The molecule has 0 spiro atoms. The van der Waals surface area contributed by atoms with E-state index in [2.05, 4.69) is 30.8 Å². The Morgan fingerprint density at radius 1 is 1.57 bits per heavy atom. The molecule has 0 fully saturated rings. The zero-order valence-corrected chi connectivity index (χ0v) is 9.16. The van der Waals surface area contributed by atoms with Crippen molar-refractivity contribution in [2.75, 3.05) is 13.1 Å². The van der Waals surface area contributed by atoms with Crippen LogP contribution in [0.15, 0.2) is 5.18 Å². The monoisotopic (exact) mass is 199 g/mol. The van der Waals surface area contributed by atoms with E-state index < -0.39 is 0 Å². The fraction of sp³-hybridized carbons (Fsp3) is 0.900. The Morgan fingerprint density at radius 3 is 2.71 bits per heavy atom. The zero-order valence-electron chi connectivity index (χ0n) is 9.16. The maximum atomic E-state index is 9.94. The molecule has 1 unspecified atom stereocenters. The summed E-state index contributed by atoms with van der Waals surface area (Å²) in [6, 6.07) is 0. The van der Waals surface area contributed by atoms with Crippen LogP contribution in [0.4, 0.5) is 0 Å². The third kappa shape index (κ3) is 6.41. The summed E-state index contributed by atoms with van der Waals surface area (Å²) in [7, 11) is 0. The maximum absolute atomic E-state index is 9.94. The molecule has 0 radical (unpaired) electrons. The standard InChI is InChI=1S/C10H18N2O2/c1-9(4-5-12-14)6-10(2,3)7-11-8-13/h9H,4-7H2,1-3H3/p+1. The van der Waals surface area contributed by atoms with Gasteiger partial charge >= 0.3 is 6.26 Å². The molecule has 0 aliphatic rings. The smallest absolute Gasteiger partial charge is 0.408 e. The second kappa shape index (κ2) is 6.36. The van der Waals surface area contributed by atoms with Crippen LogP contribution >= 0.6 is 0 Å². The first-order chi connectivity index (χ1) is 6.52. The highest BCUT2D eigenvalue weighted by atomic mass is 16.3. The van der Waals surface area contributed by atoms with Crippen LogP contribution in [-0.2, 0) is 0 Å². The molecular weight excluding hydrogens is 180 g/mol. The summed E-state index contributed by atoms with van der Waals surface area (Å²) in [6.45, 7) is 7.20. The van der Waals surface area contributed by atoms with Crippen molar-refractivity contribution in [1.29, 1.82) is 0 Å². The predicted molar refractivity (Wildman–Crippen MR) is 56.9 cm³/mol. The van der Waals surface area contributed by atoms with E-state index in [1.54, 1.807) is 6.26 Å². The molecular formula is C10H19N2O2+. The Bertz CT molecular complexity index is 228. The Kier molecular flexibility index (Phi) is 5.86. The van der Waals surface area contributed by atoms with Crippen LogP contribution in [0.5, 0.6) is 0 Å². The molecule has 4 heteroatoms. The Morgan fingerprint density at radius 2 is 2.21 bits per heavy atom. The van der Waals surface area contributed by atoms with E-state index in [1.807, 2.05) is 0 Å². The van der Waals surface area contributed by atoms with Crippen molar-refractivity contribution < 1.29 is 5.11 Å². The molecule has 0 amide bonds. The lowest BCUT2D eigenvalue weighted by Crippen LogP contribution is -2.19. The van der Waals surface area contributed by atoms with E-state index in [-0.39, 0.29) is 5.41 Å². The molecule has 0 aromatic rings. The second-order valence-electron chi connectivity index (χ2n) is 4.53. The van der Waals surface area contributed by atoms with Gasteiger partial charge in [0.05, 0.1) is 6.54 Å². The van der Waals surface area contributed by atoms with E-state index in [9.17, 15) is 4.91 Å². The molecule has 0 aromatic heterocycles. The summed E-state index contributed by atoms with van der Waals surface area (Å²) in [5.74, 6) is 0.455. The lowest BCUT2D eigenvalue weighted by Gasteiger charge is -2.20. The summed E-state index contributed by atoms with van der Waals surface area (Å²) >= 11 is 0. The fourth-order valence-corrected chi connectivity index (χ4v) is 1.63. The number of nitrogens with zero attached hydrogens (tertiary/aromatic N) is 2. The van der Waals surface area contributed by atoms with Gasteiger partial charge in [0.2, 0.25) is 0 Å². The summed E-state index contributed by atoms with van der Waals surface area (Å²) in [4.78, 5) is 13.6. The van der Waals surface area contributed by atoms with Gasteiger partial charge in [-0.05, 0) is 23.6 Å². The predicted octanol–water partition coefficient (Wildman–Crippen LogP) is 2.86. The van der Waals surface area contributed by atoms with E-state index in [0.29, 0.717) is 19.0 Å². The van der Waals surface area contributed by atoms with Crippen LogP contribution < -0.4 is 0 Å². The molecule has 0 saturated carbocycles. The van der Waals surface area contributed by atoms with E-state index >= 15 is 0 Å². The quantitative estimate of drug-likeness (QED) is 0.528. The molecule has 0 saturated heterocycles. The number of hydrogen-bond donors (Lipinski definition) is 1. The molecule has 1 atom stereocenters. The van der Waals surface area contributed by atoms with Crippen molar-refractivity contribution >= 4 is 0 Å². The van der Waals surface area contributed by atoms with E-state index in [0.717, 1.165) is 12.8 Å². The number of aliphatic hydroxyl groups is 1. The minimum atomic E-state index is 0.0397. The highest BCUT2D eigenvalue weighted by Crippen LogP contribution is 2.27. The maximum Gasteiger partial charge on any atom is 0.511 e. The highest BCUT2D eigenvalue weighted by molar-refractivity contribution is 4.84. The molecule has 0 bridgehead atoms. The van der Waals surface area contributed by atoms with Crippen LogP contribution in [0.2, 0.25) is 0 Å². The largest absolute Gasteiger partial charge is 0.511 e. The van der Waals surface area contributed by atoms with Gasteiger partial charge in [-0.3, -0.25) is 0 Å². The van der Waals surface area contributed by atoms with Crippen LogP contribution in [0.1, 0.15) is 33.6 Å². The van der Waals surface area contributed by atoms with E-state index in [4.69, 9.17) is 5.11 Å². The minimum Gasteiger partial charge on any atom is -0.408 e. The lowest BCUT2D eigenvalue weighted by atomic mass is 9.82. The van der Waals surface area contributed by atoms with E-state index in [1.165, 1.54) is 0 Å². The second-order valence-corrected chi connectivity index (χ2v) is 4.53.